The predicted octanol–water partition coefficient (Wildman–Crippen LogP) is 2.82. The number of benzene rings is 1. The van der Waals surface area contributed by atoms with E-state index in [1.807, 2.05) is 56.1 Å². The third kappa shape index (κ3) is 1.88. The summed E-state index contributed by atoms with van der Waals surface area (Å²) in [5.74, 6) is 0. The summed E-state index contributed by atoms with van der Waals surface area (Å²) in [5.41, 5.74) is 0.667. The molecule has 0 aliphatic rings. The Kier molecular flexibility index (Phi) is 3.14. The van der Waals surface area contributed by atoms with Gasteiger partial charge >= 0.3 is 0 Å². The maximum Gasteiger partial charge on any atom is 0.124 e. The molecule has 0 saturated heterocycles. The SMILES string of the molecule is CCC(C)(C#N)N(C)c1ccccc1. The lowest BCUT2D eigenvalue weighted by molar-refractivity contribution is 0.540. The minimum Gasteiger partial charge on any atom is -0.357 e. The van der Waals surface area contributed by atoms with Gasteiger partial charge in [0.15, 0.2) is 0 Å². The molecular formula is C12H16N2. The summed E-state index contributed by atoms with van der Waals surface area (Å²) in [6, 6.07) is 12.3. The molecule has 1 aromatic rings. The van der Waals surface area contributed by atoms with E-state index in [0.29, 0.717) is 0 Å². The van der Waals surface area contributed by atoms with Gasteiger partial charge in [0, 0.05) is 12.7 Å². The summed E-state index contributed by atoms with van der Waals surface area (Å²) < 4.78 is 0. The van der Waals surface area contributed by atoms with E-state index in [-0.39, 0.29) is 0 Å². The van der Waals surface area contributed by atoms with Gasteiger partial charge in [-0.3, -0.25) is 0 Å². The normalized spacial score (nSPS) is 14.1. The van der Waals surface area contributed by atoms with Crippen molar-refractivity contribution in [3.05, 3.63) is 30.3 Å². The number of nitriles is 1. The van der Waals surface area contributed by atoms with E-state index >= 15 is 0 Å². The monoisotopic (exact) mass is 188 g/mol. The number of hydrogen-bond acceptors (Lipinski definition) is 2. The zero-order valence-electron chi connectivity index (χ0n) is 8.99. The van der Waals surface area contributed by atoms with Crippen LogP contribution in [-0.4, -0.2) is 12.6 Å². The zero-order chi connectivity index (χ0) is 10.6. The maximum atomic E-state index is 9.13. The van der Waals surface area contributed by atoms with Crippen LogP contribution in [0.4, 0.5) is 5.69 Å². The van der Waals surface area contributed by atoms with E-state index < -0.39 is 5.54 Å². The van der Waals surface area contributed by atoms with Crippen LogP contribution in [0.3, 0.4) is 0 Å². The Morgan fingerprint density at radius 3 is 2.36 bits per heavy atom. The van der Waals surface area contributed by atoms with Gasteiger partial charge in [-0.1, -0.05) is 25.1 Å². The number of anilines is 1. The van der Waals surface area contributed by atoms with Crippen molar-refractivity contribution >= 4 is 5.69 Å². The molecule has 0 N–H and O–H groups in total. The second-order valence-electron chi connectivity index (χ2n) is 3.63. The molecule has 74 valence electrons. The van der Waals surface area contributed by atoms with Crippen molar-refractivity contribution in [1.82, 2.24) is 0 Å². The molecular weight excluding hydrogens is 172 g/mol. The first-order chi connectivity index (χ1) is 6.64. The van der Waals surface area contributed by atoms with Crippen molar-refractivity contribution in [3.63, 3.8) is 0 Å². The summed E-state index contributed by atoms with van der Waals surface area (Å²) >= 11 is 0. The highest BCUT2D eigenvalue weighted by Crippen LogP contribution is 2.23. The Morgan fingerprint density at radius 1 is 1.36 bits per heavy atom. The van der Waals surface area contributed by atoms with Gasteiger partial charge in [-0.25, -0.2) is 0 Å². The predicted molar refractivity (Wildman–Crippen MR) is 59.2 cm³/mol. The van der Waals surface area contributed by atoms with Crippen LogP contribution < -0.4 is 4.90 Å². The van der Waals surface area contributed by atoms with Crippen LogP contribution in [0, 0.1) is 11.3 Å². The molecule has 0 aliphatic heterocycles. The van der Waals surface area contributed by atoms with Gasteiger partial charge < -0.3 is 4.90 Å². The zero-order valence-corrected chi connectivity index (χ0v) is 8.99. The van der Waals surface area contributed by atoms with Crippen LogP contribution in [0.1, 0.15) is 20.3 Å². The summed E-state index contributed by atoms with van der Waals surface area (Å²) in [6.45, 7) is 3.99. The van der Waals surface area contributed by atoms with Crippen molar-refractivity contribution in [2.45, 2.75) is 25.8 Å². The lowest BCUT2D eigenvalue weighted by Gasteiger charge is -2.33. The molecule has 0 fully saturated rings. The topological polar surface area (TPSA) is 27.0 Å². The Labute approximate surface area is 85.8 Å². The second-order valence-corrected chi connectivity index (χ2v) is 3.63. The first-order valence-corrected chi connectivity index (χ1v) is 4.84. The lowest BCUT2D eigenvalue weighted by Crippen LogP contribution is -2.42. The van der Waals surface area contributed by atoms with Crippen LogP contribution >= 0.6 is 0 Å². The molecule has 2 nitrogen and oxygen atoms in total. The number of para-hydroxylation sites is 1. The van der Waals surface area contributed by atoms with Gasteiger partial charge in [-0.15, -0.1) is 0 Å². The first-order valence-electron chi connectivity index (χ1n) is 4.84. The Balaban J connectivity index is 2.96. The van der Waals surface area contributed by atoms with E-state index in [0.717, 1.165) is 12.1 Å². The molecule has 0 amide bonds. The molecule has 0 heterocycles. The molecule has 0 aliphatic carbocycles. The number of nitrogens with zero attached hydrogens (tertiary/aromatic N) is 2. The molecule has 1 atom stereocenters. The number of rotatable bonds is 3. The van der Waals surface area contributed by atoms with Gasteiger partial charge in [0.05, 0.1) is 6.07 Å². The van der Waals surface area contributed by atoms with Gasteiger partial charge in [-0.2, -0.15) is 5.26 Å². The van der Waals surface area contributed by atoms with Gasteiger partial charge in [0.1, 0.15) is 5.54 Å². The fourth-order valence-corrected chi connectivity index (χ4v) is 1.33. The Morgan fingerprint density at radius 2 is 1.93 bits per heavy atom. The molecule has 0 bridgehead atoms. The standard InChI is InChI=1S/C12H16N2/c1-4-12(2,10-13)14(3)11-8-6-5-7-9-11/h5-9H,4H2,1-3H3. The van der Waals surface area contributed by atoms with E-state index in [1.165, 1.54) is 0 Å². The van der Waals surface area contributed by atoms with Crippen LogP contribution in [0.15, 0.2) is 30.3 Å². The smallest absolute Gasteiger partial charge is 0.124 e. The van der Waals surface area contributed by atoms with Crippen molar-refractivity contribution in [3.8, 4) is 6.07 Å². The quantitative estimate of drug-likeness (QED) is 0.729. The fraction of sp³-hybridized carbons (Fsp3) is 0.417. The fourth-order valence-electron chi connectivity index (χ4n) is 1.33. The van der Waals surface area contributed by atoms with Crippen molar-refractivity contribution in [2.24, 2.45) is 0 Å². The second kappa shape index (κ2) is 4.15. The minimum absolute atomic E-state index is 0.415. The minimum atomic E-state index is -0.415. The molecule has 0 aromatic heterocycles. The Bertz CT molecular complexity index is 326. The van der Waals surface area contributed by atoms with Crippen LogP contribution in [0.25, 0.3) is 0 Å². The Hall–Kier alpha value is -1.49. The van der Waals surface area contributed by atoms with Crippen molar-refractivity contribution in [2.75, 3.05) is 11.9 Å². The molecule has 1 rings (SSSR count). The number of hydrogen-bond donors (Lipinski definition) is 0. The van der Waals surface area contributed by atoms with Crippen LogP contribution in [0.5, 0.6) is 0 Å². The molecule has 0 saturated carbocycles. The maximum absolute atomic E-state index is 9.13. The third-order valence-electron chi connectivity index (χ3n) is 2.81. The summed E-state index contributed by atoms with van der Waals surface area (Å²) in [6.07, 6.45) is 0.814. The first kappa shape index (κ1) is 10.6. The summed E-state index contributed by atoms with van der Waals surface area (Å²) in [4.78, 5) is 2.02. The highest BCUT2D eigenvalue weighted by Gasteiger charge is 2.26. The van der Waals surface area contributed by atoms with Gasteiger partial charge in [-0.05, 0) is 25.5 Å². The van der Waals surface area contributed by atoms with Crippen LogP contribution in [-0.2, 0) is 0 Å². The summed E-state index contributed by atoms with van der Waals surface area (Å²) in [5, 5.41) is 9.13. The highest BCUT2D eigenvalue weighted by molar-refractivity contribution is 5.49. The van der Waals surface area contributed by atoms with Gasteiger partial charge in [0.2, 0.25) is 0 Å². The third-order valence-corrected chi connectivity index (χ3v) is 2.81. The average Bonchev–Trinajstić information content (AvgIpc) is 2.28. The van der Waals surface area contributed by atoms with E-state index in [1.54, 1.807) is 0 Å². The van der Waals surface area contributed by atoms with Crippen molar-refractivity contribution in [1.29, 1.82) is 5.26 Å². The van der Waals surface area contributed by atoms with Gasteiger partial charge in [0.25, 0.3) is 0 Å². The molecule has 1 unspecified atom stereocenters. The lowest BCUT2D eigenvalue weighted by atomic mass is 9.98. The molecule has 0 spiro atoms. The molecule has 14 heavy (non-hydrogen) atoms. The van der Waals surface area contributed by atoms with Crippen molar-refractivity contribution < 1.29 is 0 Å². The summed E-state index contributed by atoms with van der Waals surface area (Å²) in [7, 11) is 1.96. The molecule has 2 heteroatoms. The van der Waals surface area contributed by atoms with E-state index in [9.17, 15) is 0 Å². The van der Waals surface area contributed by atoms with E-state index in [2.05, 4.69) is 6.07 Å². The molecule has 0 radical (unpaired) electrons. The largest absolute Gasteiger partial charge is 0.357 e. The molecule has 1 aromatic carbocycles. The highest BCUT2D eigenvalue weighted by atomic mass is 15.2. The average molecular weight is 188 g/mol. The van der Waals surface area contributed by atoms with E-state index in [4.69, 9.17) is 5.26 Å². The van der Waals surface area contributed by atoms with Crippen LogP contribution in [0.2, 0.25) is 0 Å².